The van der Waals surface area contributed by atoms with Crippen LogP contribution in [0.2, 0.25) is 0 Å². The fourth-order valence-electron chi connectivity index (χ4n) is 2.90. The molecule has 122 valence electrons. The molecule has 0 amide bonds. The summed E-state index contributed by atoms with van der Waals surface area (Å²) in [5, 5.41) is 3.48. The van der Waals surface area contributed by atoms with E-state index in [-0.39, 0.29) is 5.60 Å². The molecule has 1 heterocycles. The Balaban J connectivity index is 1.57. The van der Waals surface area contributed by atoms with Gasteiger partial charge in [-0.05, 0) is 50.6 Å². The summed E-state index contributed by atoms with van der Waals surface area (Å²) in [5.41, 5.74) is 3.69. The van der Waals surface area contributed by atoms with Crippen LogP contribution in [0.15, 0.2) is 48.5 Å². The van der Waals surface area contributed by atoms with Gasteiger partial charge in [0.2, 0.25) is 0 Å². The van der Waals surface area contributed by atoms with Gasteiger partial charge in [0.05, 0.1) is 12.2 Å². The molecule has 3 nitrogen and oxygen atoms in total. The first-order valence-corrected chi connectivity index (χ1v) is 8.30. The molecule has 0 spiro atoms. The van der Waals surface area contributed by atoms with Crippen molar-refractivity contribution in [2.45, 2.75) is 32.4 Å². The minimum absolute atomic E-state index is 0.135. The van der Waals surface area contributed by atoms with Gasteiger partial charge in [0.15, 0.2) is 0 Å². The van der Waals surface area contributed by atoms with E-state index in [1.165, 1.54) is 11.1 Å². The van der Waals surface area contributed by atoms with Gasteiger partial charge < -0.3 is 15.0 Å². The Bertz CT molecular complexity index is 652. The van der Waals surface area contributed by atoms with E-state index in [4.69, 9.17) is 4.74 Å². The number of fused-ring (bicyclic) bond motifs is 1. The van der Waals surface area contributed by atoms with E-state index in [2.05, 4.69) is 79.6 Å². The van der Waals surface area contributed by atoms with Crippen molar-refractivity contribution in [3.05, 3.63) is 59.7 Å². The predicted octanol–water partition coefficient (Wildman–Crippen LogP) is 3.94. The average Bonchev–Trinajstić information content (AvgIpc) is 2.53. The third-order valence-electron chi connectivity index (χ3n) is 4.21. The highest BCUT2D eigenvalue weighted by Gasteiger charge is 2.26. The highest BCUT2D eigenvalue weighted by Crippen LogP contribution is 2.33. The summed E-state index contributed by atoms with van der Waals surface area (Å²) < 4.78 is 6.01. The number of benzene rings is 2. The number of likely N-dealkylation sites (N-methyl/N-ethyl adjacent to an activating group) is 1. The van der Waals surface area contributed by atoms with Gasteiger partial charge in [-0.3, -0.25) is 0 Å². The van der Waals surface area contributed by atoms with Gasteiger partial charge in [0.25, 0.3) is 0 Å². The molecule has 0 aliphatic carbocycles. The smallest absolute Gasteiger partial charge is 0.143 e. The van der Waals surface area contributed by atoms with Crippen molar-refractivity contribution in [1.29, 1.82) is 0 Å². The molecule has 1 N–H and O–H groups in total. The fraction of sp³-hybridized carbons (Fsp3) is 0.400. The van der Waals surface area contributed by atoms with E-state index in [1.54, 1.807) is 0 Å². The molecule has 2 aromatic carbocycles. The standard InChI is InChI=1S/C20H26N2O/c1-20(2)15-21-18-13-16(9-10-19(18)23-20)11-12-22(3)14-17-7-5-4-6-8-17/h4-10,13,21H,11-12,14-15H2,1-3H3. The zero-order valence-corrected chi connectivity index (χ0v) is 14.3. The number of anilines is 1. The lowest BCUT2D eigenvalue weighted by molar-refractivity contribution is 0.116. The molecule has 0 unspecified atom stereocenters. The van der Waals surface area contributed by atoms with Gasteiger partial charge in [-0.25, -0.2) is 0 Å². The van der Waals surface area contributed by atoms with E-state index in [0.29, 0.717) is 0 Å². The Morgan fingerprint density at radius 3 is 2.65 bits per heavy atom. The SMILES string of the molecule is CN(CCc1ccc2c(c1)NCC(C)(C)O2)Cc1ccccc1. The first-order valence-electron chi connectivity index (χ1n) is 8.30. The van der Waals surface area contributed by atoms with E-state index in [9.17, 15) is 0 Å². The summed E-state index contributed by atoms with van der Waals surface area (Å²) >= 11 is 0. The second-order valence-corrected chi connectivity index (χ2v) is 7.02. The molecule has 1 aliphatic heterocycles. The largest absolute Gasteiger partial charge is 0.484 e. The maximum absolute atomic E-state index is 6.01. The van der Waals surface area contributed by atoms with Gasteiger partial charge in [-0.2, -0.15) is 0 Å². The van der Waals surface area contributed by atoms with Gasteiger partial charge >= 0.3 is 0 Å². The van der Waals surface area contributed by atoms with Crippen molar-refractivity contribution in [1.82, 2.24) is 4.90 Å². The molecule has 0 fully saturated rings. The lowest BCUT2D eigenvalue weighted by Crippen LogP contribution is -2.40. The summed E-state index contributed by atoms with van der Waals surface area (Å²) in [6.45, 7) is 7.09. The van der Waals surface area contributed by atoms with E-state index in [1.807, 2.05) is 0 Å². The fourth-order valence-corrected chi connectivity index (χ4v) is 2.90. The first kappa shape index (κ1) is 15.9. The summed E-state index contributed by atoms with van der Waals surface area (Å²) in [5.74, 6) is 0.961. The number of ether oxygens (including phenoxy) is 1. The van der Waals surface area contributed by atoms with Gasteiger partial charge in [0.1, 0.15) is 11.4 Å². The Morgan fingerprint density at radius 2 is 1.87 bits per heavy atom. The third-order valence-corrected chi connectivity index (χ3v) is 4.21. The Morgan fingerprint density at radius 1 is 1.09 bits per heavy atom. The van der Waals surface area contributed by atoms with Crippen molar-refractivity contribution in [2.24, 2.45) is 0 Å². The topological polar surface area (TPSA) is 24.5 Å². The number of nitrogens with zero attached hydrogens (tertiary/aromatic N) is 1. The van der Waals surface area contributed by atoms with Gasteiger partial charge in [0, 0.05) is 13.1 Å². The Hall–Kier alpha value is -2.00. The second-order valence-electron chi connectivity index (χ2n) is 7.02. The number of hydrogen-bond donors (Lipinski definition) is 1. The lowest BCUT2D eigenvalue weighted by atomic mass is 10.0. The minimum Gasteiger partial charge on any atom is -0.484 e. The lowest BCUT2D eigenvalue weighted by Gasteiger charge is -2.33. The second kappa shape index (κ2) is 6.63. The number of rotatable bonds is 5. The van der Waals surface area contributed by atoms with Crippen molar-refractivity contribution >= 4 is 5.69 Å². The van der Waals surface area contributed by atoms with Crippen molar-refractivity contribution < 1.29 is 4.74 Å². The van der Waals surface area contributed by atoms with Crippen molar-refractivity contribution in [2.75, 3.05) is 25.5 Å². The molecular weight excluding hydrogens is 284 g/mol. The molecule has 2 aromatic rings. The van der Waals surface area contributed by atoms with Crippen LogP contribution in [-0.4, -0.2) is 30.6 Å². The Labute approximate surface area is 139 Å². The molecule has 0 aromatic heterocycles. The molecule has 0 saturated heterocycles. The predicted molar refractivity (Wildman–Crippen MR) is 96.1 cm³/mol. The molecule has 0 saturated carbocycles. The van der Waals surface area contributed by atoms with E-state index >= 15 is 0 Å². The van der Waals surface area contributed by atoms with Crippen LogP contribution in [0.1, 0.15) is 25.0 Å². The van der Waals surface area contributed by atoms with Gasteiger partial charge in [-0.1, -0.05) is 36.4 Å². The molecule has 0 atom stereocenters. The molecule has 0 radical (unpaired) electrons. The molecule has 1 aliphatic rings. The normalized spacial score (nSPS) is 15.7. The van der Waals surface area contributed by atoms with Crippen LogP contribution in [0.3, 0.4) is 0 Å². The Kier molecular flexibility index (Phi) is 4.58. The van der Waals surface area contributed by atoms with Crippen molar-refractivity contribution in [3.63, 3.8) is 0 Å². The average molecular weight is 310 g/mol. The van der Waals surface area contributed by atoms with Crippen molar-refractivity contribution in [3.8, 4) is 5.75 Å². The van der Waals surface area contributed by atoms with Crippen LogP contribution in [0, 0.1) is 0 Å². The van der Waals surface area contributed by atoms with Crippen LogP contribution < -0.4 is 10.1 Å². The maximum Gasteiger partial charge on any atom is 0.143 e. The first-order chi connectivity index (χ1) is 11.0. The highest BCUT2D eigenvalue weighted by atomic mass is 16.5. The molecule has 0 bridgehead atoms. The third kappa shape index (κ3) is 4.26. The summed E-state index contributed by atoms with van der Waals surface area (Å²) in [7, 11) is 2.18. The quantitative estimate of drug-likeness (QED) is 0.905. The van der Waals surface area contributed by atoms with E-state index < -0.39 is 0 Å². The van der Waals surface area contributed by atoms with Crippen LogP contribution in [0.4, 0.5) is 5.69 Å². The summed E-state index contributed by atoms with van der Waals surface area (Å²) in [6, 6.07) is 17.1. The molecule has 3 rings (SSSR count). The highest BCUT2D eigenvalue weighted by molar-refractivity contribution is 5.60. The number of nitrogens with one attached hydrogen (secondary N) is 1. The molecule has 23 heavy (non-hydrogen) atoms. The molecule has 3 heteroatoms. The number of hydrogen-bond acceptors (Lipinski definition) is 3. The monoisotopic (exact) mass is 310 g/mol. The van der Waals surface area contributed by atoms with Gasteiger partial charge in [-0.15, -0.1) is 0 Å². The van der Waals surface area contributed by atoms with E-state index in [0.717, 1.165) is 37.5 Å². The van der Waals surface area contributed by atoms with Crippen LogP contribution >= 0.6 is 0 Å². The summed E-state index contributed by atoms with van der Waals surface area (Å²) in [4.78, 5) is 2.36. The zero-order chi connectivity index (χ0) is 16.3. The maximum atomic E-state index is 6.01. The van der Waals surface area contributed by atoms with Crippen LogP contribution in [-0.2, 0) is 13.0 Å². The zero-order valence-electron chi connectivity index (χ0n) is 14.3. The molecular formula is C20H26N2O. The van der Waals surface area contributed by atoms with Crippen LogP contribution in [0.25, 0.3) is 0 Å². The van der Waals surface area contributed by atoms with Crippen LogP contribution in [0.5, 0.6) is 5.75 Å². The minimum atomic E-state index is -0.135. The summed E-state index contributed by atoms with van der Waals surface area (Å²) in [6.07, 6.45) is 1.04.